The number of ether oxygens (including phenoxy) is 1. The number of anilines is 1. The van der Waals surface area contributed by atoms with E-state index in [1.807, 2.05) is 0 Å². The summed E-state index contributed by atoms with van der Waals surface area (Å²) in [5.41, 5.74) is 0.997. The van der Waals surface area contributed by atoms with Crippen molar-refractivity contribution in [1.82, 2.24) is 4.90 Å². The first-order chi connectivity index (χ1) is 13.2. The first kappa shape index (κ1) is 19.4. The summed E-state index contributed by atoms with van der Waals surface area (Å²) in [5.74, 6) is -1.56. The van der Waals surface area contributed by atoms with Crippen molar-refractivity contribution in [2.45, 2.75) is 19.2 Å². The highest BCUT2D eigenvalue weighted by molar-refractivity contribution is 6.21. The topological polar surface area (TPSA) is 75.7 Å². The fraction of sp³-hybridized carbons (Fsp3) is 0.211. The van der Waals surface area contributed by atoms with Gasteiger partial charge >= 0.3 is 6.36 Å². The molecule has 1 aliphatic heterocycles. The number of nitrogens with zero attached hydrogens (tertiary/aromatic N) is 1. The molecule has 3 amide bonds. The zero-order valence-corrected chi connectivity index (χ0v) is 14.5. The number of rotatable bonds is 6. The monoisotopic (exact) mass is 392 g/mol. The van der Waals surface area contributed by atoms with Gasteiger partial charge in [0, 0.05) is 18.7 Å². The van der Waals surface area contributed by atoms with Gasteiger partial charge in [-0.15, -0.1) is 13.2 Å². The molecule has 0 aromatic heterocycles. The molecule has 9 heteroatoms. The van der Waals surface area contributed by atoms with E-state index in [0.717, 1.165) is 17.0 Å². The van der Waals surface area contributed by atoms with Gasteiger partial charge in [-0.25, -0.2) is 0 Å². The predicted molar refractivity (Wildman–Crippen MR) is 92.8 cm³/mol. The van der Waals surface area contributed by atoms with Crippen LogP contribution in [-0.4, -0.2) is 35.5 Å². The Kier molecular flexibility index (Phi) is 5.34. The van der Waals surface area contributed by atoms with E-state index in [1.165, 1.54) is 12.1 Å². The van der Waals surface area contributed by atoms with Crippen LogP contribution in [0.4, 0.5) is 18.9 Å². The highest BCUT2D eigenvalue weighted by Crippen LogP contribution is 2.24. The lowest BCUT2D eigenvalue weighted by molar-refractivity contribution is -0.274. The quantitative estimate of drug-likeness (QED) is 0.763. The normalized spacial score (nSPS) is 13.5. The molecular formula is C19H15F3N2O4. The van der Waals surface area contributed by atoms with E-state index >= 15 is 0 Å². The Labute approximate surface area is 157 Å². The van der Waals surface area contributed by atoms with E-state index in [0.29, 0.717) is 16.8 Å². The van der Waals surface area contributed by atoms with Crippen molar-refractivity contribution >= 4 is 23.4 Å². The smallest absolute Gasteiger partial charge is 0.406 e. The third-order valence-corrected chi connectivity index (χ3v) is 4.04. The Bertz CT molecular complexity index is 875. The fourth-order valence-electron chi connectivity index (χ4n) is 2.80. The summed E-state index contributed by atoms with van der Waals surface area (Å²) in [6.45, 7) is 0.0954. The third kappa shape index (κ3) is 4.48. The molecule has 1 heterocycles. The predicted octanol–water partition coefficient (Wildman–Crippen LogP) is 3.60. The van der Waals surface area contributed by atoms with Gasteiger partial charge in [0.2, 0.25) is 5.91 Å². The van der Waals surface area contributed by atoms with Gasteiger partial charge in [-0.1, -0.05) is 12.1 Å². The van der Waals surface area contributed by atoms with Crippen molar-refractivity contribution in [3.63, 3.8) is 0 Å². The molecule has 0 unspecified atom stereocenters. The average molecular weight is 392 g/mol. The number of alkyl halides is 3. The van der Waals surface area contributed by atoms with Crippen molar-refractivity contribution in [1.29, 1.82) is 0 Å². The van der Waals surface area contributed by atoms with Gasteiger partial charge in [-0.3, -0.25) is 19.3 Å². The maximum absolute atomic E-state index is 12.2. The molecule has 1 aliphatic rings. The van der Waals surface area contributed by atoms with Crippen LogP contribution >= 0.6 is 0 Å². The number of hydrogen-bond acceptors (Lipinski definition) is 4. The van der Waals surface area contributed by atoms with Gasteiger partial charge in [0.1, 0.15) is 5.75 Å². The molecule has 0 aliphatic carbocycles. The lowest BCUT2D eigenvalue weighted by Gasteiger charge is -2.13. The molecule has 0 radical (unpaired) electrons. The van der Waals surface area contributed by atoms with Crippen LogP contribution in [0.2, 0.25) is 0 Å². The number of carbonyl (C=O) groups is 3. The van der Waals surface area contributed by atoms with Crippen molar-refractivity contribution < 1.29 is 32.3 Å². The number of fused-ring (bicyclic) bond motifs is 1. The second-order valence-electron chi connectivity index (χ2n) is 6.03. The molecule has 28 heavy (non-hydrogen) atoms. The van der Waals surface area contributed by atoms with Gasteiger partial charge < -0.3 is 10.1 Å². The van der Waals surface area contributed by atoms with Crippen LogP contribution in [0.15, 0.2) is 48.5 Å². The summed E-state index contributed by atoms with van der Waals surface area (Å²) in [5, 5.41) is 2.53. The van der Waals surface area contributed by atoms with E-state index in [4.69, 9.17) is 0 Å². The molecule has 6 nitrogen and oxygen atoms in total. The highest BCUT2D eigenvalue weighted by Gasteiger charge is 2.34. The lowest BCUT2D eigenvalue weighted by Crippen LogP contribution is -2.31. The minimum Gasteiger partial charge on any atom is -0.406 e. The molecule has 1 N–H and O–H groups in total. The van der Waals surface area contributed by atoms with Crippen LogP contribution in [0.25, 0.3) is 0 Å². The SMILES string of the molecule is O=C(CCCN1C(=O)c2ccccc2C1=O)Nc1ccc(OC(F)(F)F)cc1. The van der Waals surface area contributed by atoms with E-state index in [1.54, 1.807) is 24.3 Å². The average Bonchev–Trinajstić information content (AvgIpc) is 2.87. The lowest BCUT2D eigenvalue weighted by atomic mass is 10.1. The van der Waals surface area contributed by atoms with Gasteiger partial charge in [-0.2, -0.15) is 0 Å². The molecule has 146 valence electrons. The van der Waals surface area contributed by atoms with E-state index in [9.17, 15) is 27.6 Å². The zero-order chi connectivity index (χ0) is 20.3. The molecule has 0 fully saturated rings. The Morgan fingerprint density at radius 2 is 1.54 bits per heavy atom. The first-order valence-electron chi connectivity index (χ1n) is 8.35. The molecule has 0 spiro atoms. The molecule has 0 saturated carbocycles. The van der Waals surface area contributed by atoms with Crippen molar-refractivity contribution in [3.8, 4) is 5.75 Å². The van der Waals surface area contributed by atoms with Crippen molar-refractivity contribution in [3.05, 3.63) is 59.7 Å². The number of halogens is 3. The van der Waals surface area contributed by atoms with Crippen LogP contribution in [0, 0.1) is 0 Å². The van der Waals surface area contributed by atoms with Gasteiger partial charge in [0.15, 0.2) is 0 Å². The van der Waals surface area contributed by atoms with E-state index in [-0.39, 0.29) is 37.1 Å². The molecule has 2 aromatic rings. The Hall–Kier alpha value is -3.36. The first-order valence-corrected chi connectivity index (χ1v) is 8.35. The summed E-state index contributed by atoms with van der Waals surface area (Å²) in [6, 6.07) is 11.2. The number of benzene rings is 2. The van der Waals surface area contributed by atoms with Crippen LogP contribution in [0.5, 0.6) is 5.75 Å². The summed E-state index contributed by atoms with van der Waals surface area (Å²) < 4.78 is 40.1. The van der Waals surface area contributed by atoms with E-state index in [2.05, 4.69) is 10.1 Å². The van der Waals surface area contributed by atoms with Crippen molar-refractivity contribution in [2.75, 3.05) is 11.9 Å². The van der Waals surface area contributed by atoms with Gasteiger partial charge in [0.25, 0.3) is 11.8 Å². The molecule has 0 bridgehead atoms. The Morgan fingerprint density at radius 1 is 0.964 bits per heavy atom. The number of imide groups is 1. The van der Waals surface area contributed by atoms with Gasteiger partial charge in [0.05, 0.1) is 11.1 Å². The summed E-state index contributed by atoms with van der Waals surface area (Å²) in [7, 11) is 0. The Balaban J connectivity index is 1.48. The maximum Gasteiger partial charge on any atom is 0.573 e. The second-order valence-corrected chi connectivity index (χ2v) is 6.03. The largest absolute Gasteiger partial charge is 0.573 e. The molecule has 0 saturated heterocycles. The van der Waals surface area contributed by atoms with Crippen molar-refractivity contribution in [2.24, 2.45) is 0 Å². The fourth-order valence-corrected chi connectivity index (χ4v) is 2.80. The highest BCUT2D eigenvalue weighted by atomic mass is 19.4. The minimum atomic E-state index is -4.78. The molecule has 0 atom stereocenters. The standard InChI is InChI=1S/C19H15F3N2O4/c20-19(21,22)28-13-9-7-12(8-10-13)23-16(25)6-3-11-24-17(26)14-4-1-2-5-15(14)18(24)27/h1-2,4-5,7-10H,3,6,11H2,(H,23,25). The number of nitrogens with one attached hydrogen (secondary N) is 1. The Morgan fingerprint density at radius 3 is 2.07 bits per heavy atom. The van der Waals surface area contributed by atoms with Crippen LogP contribution < -0.4 is 10.1 Å². The van der Waals surface area contributed by atoms with E-state index < -0.39 is 12.1 Å². The summed E-state index contributed by atoms with van der Waals surface area (Å²) in [6.07, 6.45) is -4.49. The van der Waals surface area contributed by atoms with Crippen LogP contribution in [0.1, 0.15) is 33.6 Å². The minimum absolute atomic E-state index is 0.0359. The summed E-state index contributed by atoms with van der Waals surface area (Å²) >= 11 is 0. The number of hydrogen-bond donors (Lipinski definition) is 1. The van der Waals surface area contributed by atoms with Crippen LogP contribution in [0.3, 0.4) is 0 Å². The third-order valence-electron chi connectivity index (χ3n) is 4.04. The van der Waals surface area contributed by atoms with Gasteiger partial charge in [-0.05, 0) is 42.8 Å². The number of carbonyl (C=O) groups excluding carboxylic acids is 3. The molecule has 2 aromatic carbocycles. The summed E-state index contributed by atoms with van der Waals surface area (Å²) in [4.78, 5) is 37.5. The maximum atomic E-state index is 12.2. The zero-order valence-electron chi connectivity index (χ0n) is 14.5. The second kappa shape index (κ2) is 7.71. The molecule has 3 rings (SSSR count). The molecular weight excluding hydrogens is 377 g/mol. The number of amides is 3. The van der Waals surface area contributed by atoms with Crippen LogP contribution in [-0.2, 0) is 4.79 Å².